The molecule has 0 unspecified atom stereocenters. The third-order valence-corrected chi connectivity index (χ3v) is 3.74. The minimum absolute atomic E-state index is 0.0524. The smallest absolute Gasteiger partial charge is 0.274 e. The van der Waals surface area contributed by atoms with Crippen LogP contribution in [-0.2, 0) is 0 Å². The molecule has 0 bridgehead atoms. The summed E-state index contributed by atoms with van der Waals surface area (Å²) in [6.45, 7) is 3.77. The Morgan fingerprint density at radius 3 is 2.85 bits per heavy atom. The average Bonchev–Trinajstić information content (AvgIpc) is 2.69. The molecule has 2 N–H and O–H groups in total. The zero-order valence-electron chi connectivity index (χ0n) is 12.5. The number of aromatic amines is 1. The summed E-state index contributed by atoms with van der Waals surface area (Å²) < 4.78 is 0. The second-order valence-corrected chi connectivity index (χ2v) is 6.04. The molecule has 1 saturated heterocycles. The van der Waals surface area contributed by atoms with Gasteiger partial charge in [0.2, 0.25) is 0 Å². The molecule has 6 nitrogen and oxygen atoms in total. The van der Waals surface area contributed by atoms with Crippen molar-refractivity contribution in [1.82, 2.24) is 20.0 Å². The van der Waals surface area contributed by atoms with Crippen molar-refractivity contribution in [3.63, 3.8) is 0 Å². The number of H-pyrrole nitrogens is 1. The van der Waals surface area contributed by atoms with Gasteiger partial charge in [0, 0.05) is 25.3 Å². The largest absolute Gasteiger partial charge is 0.388 e. The van der Waals surface area contributed by atoms with Gasteiger partial charge < -0.3 is 14.9 Å². The van der Waals surface area contributed by atoms with Crippen LogP contribution in [0.1, 0.15) is 35.4 Å². The first-order chi connectivity index (χ1) is 9.39. The molecule has 112 valence electrons. The van der Waals surface area contributed by atoms with Crippen LogP contribution in [-0.4, -0.2) is 70.3 Å². The number of aryl methyl sites for hydroxylation is 1. The van der Waals surface area contributed by atoms with E-state index < -0.39 is 5.60 Å². The summed E-state index contributed by atoms with van der Waals surface area (Å²) in [6, 6.07) is 1.76. The zero-order chi connectivity index (χ0) is 14.8. The van der Waals surface area contributed by atoms with Crippen LogP contribution >= 0.6 is 0 Å². The van der Waals surface area contributed by atoms with Gasteiger partial charge in [-0.05, 0) is 46.3 Å². The van der Waals surface area contributed by atoms with E-state index in [1.54, 1.807) is 11.0 Å². The first kappa shape index (κ1) is 15.0. The van der Waals surface area contributed by atoms with Gasteiger partial charge >= 0.3 is 0 Å². The van der Waals surface area contributed by atoms with E-state index in [9.17, 15) is 9.90 Å². The molecule has 0 aliphatic carbocycles. The minimum atomic E-state index is -0.694. The highest BCUT2D eigenvalue weighted by atomic mass is 16.3. The van der Waals surface area contributed by atoms with E-state index >= 15 is 0 Å². The molecule has 1 aliphatic rings. The van der Waals surface area contributed by atoms with Gasteiger partial charge in [-0.1, -0.05) is 0 Å². The summed E-state index contributed by atoms with van der Waals surface area (Å²) in [5.74, 6) is -0.0524. The van der Waals surface area contributed by atoms with Crippen molar-refractivity contribution < 1.29 is 9.90 Å². The highest BCUT2D eigenvalue weighted by molar-refractivity contribution is 5.92. The number of aliphatic hydroxyl groups is 1. The third-order valence-electron chi connectivity index (χ3n) is 3.74. The number of likely N-dealkylation sites (N-methyl/N-ethyl adjacent to an activating group) is 1. The van der Waals surface area contributed by atoms with E-state index in [0.29, 0.717) is 31.7 Å². The molecule has 1 atom stereocenters. The fourth-order valence-corrected chi connectivity index (χ4v) is 2.82. The molecule has 6 heteroatoms. The Labute approximate surface area is 119 Å². The van der Waals surface area contributed by atoms with Gasteiger partial charge in [-0.3, -0.25) is 9.89 Å². The van der Waals surface area contributed by atoms with Crippen LogP contribution in [0.4, 0.5) is 0 Å². The molecule has 1 amide bonds. The van der Waals surface area contributed by atoms with Crippen LogP contribution < -0.4 is 0 Å². The summed E-state index contributed by atoms with van der Waals surface area (Å²) in [7, 11) is 3.91. The molecule has 1 aromatic rings. The lowest BCUT2D eigenvalue weighted by Gasteiger charge is -2.29. The summed E-state index contributed by atoms with van der Waals surface area (Å²) in [5, 5.41) is 17.4. The predicted molar refractivity (Wildman–Crippen MR) is 76.6 cm³/mol. The number of carbonyl (C=O) groups excluding carboxylic acids is 1. The molecule has 0 saturated carbocycles. The SMILES string of the molecule is Cc1cc(C(=O)N2CCC[C@@](O)(CN(C)C)CC2)n[nH]1. The highest BCUT2D eigenvalue weighted by Crippen LogP contribution is 2.23. The standard InChI is InChI=1S/C14H24N4O2/c1-11-9-12(16-15-11)13(19)18-7-4-5-14(20,6-8-18)10-17(2)3/h9,20H,4-8,10H2,1-3H3,(H,15,16)/t14-/m0/s1. The van der Waals surface area contributed by atoms with Gasteiger partial charge in [-0.2, -0.15) is 5.10 Å². The van der Waals surface area contributed by atoms with Crippen molar-refractivity contribution in [3.8, 4) is 0 Å². The zero-order valence-corrected chi connectivity index (χ0v) is 12.5. The number of nitrogens with zero attached hydrogens (tertiary/aromatic N) is 3. The van der Waals surface area contributed by atoms with E-state index in [1.165, 1.54) is 0 Å². The van der Waals surface area contributed by atoms with E-state index in [0.717, 1.165) is 18.5 Å². The Bertz CT molecular complexity index is 471. The third kappa shape index (κ3) is 3.58. The fourth-order valence-electron chi connectivity index (χ4n) is 2.82. The van der Waals surface area contributed by atoms with Crippen LogP contribution in [0.25, 0.3) is 0 Å². The van der Waals surface area contributed by atoms with Crippen LogP contribution in [0, 0.1) is 6.92 Å². The summed E-state index contributed by atoms with van der Waals surface area (Å²) in [6.07, 6.45) is 2.16. The number of aromatic nitrogens is 2. The molecule has 20 heavy (non-hydrogen) atoms. The topological polar surface area (TPSA) is 72.5 Å². The molecule has 0 spiro atoms. The molecular formula is C14H24N4O2. The first-order valence-corrected chi connectivity index (χ1v) is 7.08. The maximum atomic E-state index is 12.4. The second kappa shape index (κ2) is 5.93. The second-order valence-electron chi connectivity index (χ2n) is 6.04. The number of carbonyl (C=O) groups is 1. The van der Waals surface area contributed by atoms with E-state index in [-0.39, 0.29) is 5.91 Å². The molecular weight excluding hydrogens is 256 g/mol. The van der Waals surface area contributed by atoms with E-state index in [2.05, 4.69) is 10.2 Å². The highest BCUT2D eigenvalue weighted by Gasteiger charge is 2.32. The minimum Gasteiger partial charge on any atom is -0.388 e. The molecule has 1 aliphatic heterocycles. The van der Waals surface area contributed by atoms with Crippen molar-refractivity contribution in [3.05, 3.63) is 17.5 Å². The first-order valence-electron chi connectivity index (χ1n) is 7.08. The number of nitrogens with one attached hydrogen (secondary N) is 1. The maximum Gasteiger partial charge on any atom is 0.274 e. The Kier molecular flexibility index (Phi) is 4.45. The van der Waals surface area contributed by atoms with Crippen molar-refractivity contribution >= 4 is 5.91 Å². The predicted octanol–water partition coefficient (Wildman–Crippen LogP) is 0.637. The van der Waals surface area contributed by atoms with E-state index in [1.807, 2.05) is 25.9 Å². The molecule has 1 aromatic heterocycles. The normalized spacial score (nSPS) is 23.9. The van der Waals surface area contributed by atoms with Crippen molar-refractivity contribution in [2.45, 2.75) is 31.8 Å². The van der Waals surface area contributed by atoms with Gasteiger partial charge in [0.05, 0.1) is 5.60 Å². The van der Waals surface area contributed by atoms with Gasteiger partial charge in [0.15, 0.2) is 0 Å². The Morgan fingerprint density at radius 2 is 2.25 bits per heavy atom. The lowest BCUT2D eigenvalue weighted by molar-refractivity contribution is 0.00303. The summed E-state index contributed by atoms with van der Waals surface area (Å²) in [5.41, 5.74) is 0.646. The molecule has 2 heterocycles. The lowest BCUT2D eigenvalue weighted by Crippen LogP contribution is -2.41. The quantitative estimate of drug-likeness (QED) is 0.852. The number of hydrogen-bond donors (Lipinski definition) is 2. The molecule has 1 fully saturated rings. The summed E-state index contributed by atoms with van der Waals surface area (Å²) >= 11 is 0. The van der Waals surface area contributed by atoms with Crippen LogP contribution in [0.2, 0.25) is 0 Å². The molecule has 2 rings (SSSR count). The number of amides is 1. The Morgan fingerprint density at radius 1 is 1.50 bits per heavy atom. The Hall–Kier alpha value is -1.40. The summed E-state index contributed by atoms with van der Waals surface area (Å²) in [4.78, 5) is 16.1. The van der Waals surface area contributed by atoms with E-state index in [4.69, 9.17) is 0 Å². The Balaban J connectivity index is 2.00. The monoisotopic (exact) mass is 280 g/mol. The molecule has 0 aromatic carbocycles. The van der Waals surface area contributed by atoms with Gasteiger partial charge in [-0.15, -0.1) is 0 Å². The van der Waals surface area contributed by atoms with Crippen LogP contribution in [0.15, 0.2) is 6.07 Å². The molecule has 0 radical (unpaired) electrons. The van der Waals surface area contributed by atoms with Gasteiger partial charge in [0.25, 0.3) is 5.91 Å². The van der Waals surface area contributed by atoms with Crippen molar-refractivity contribution in [2.24, 2.45) is 0 Å². The number of rotatable bonds is 3. The van der Waals surface area contributed by atoms with Crippen LogP contribution in [0.3, 0.4) is 0 Å². The fraction of sp³-hybridized carbons (Fsp3) is 0.714. The van der Waals surface area contributed by atoms with Gasteiger partial charge in [0.1, 0.15) is 5.69 Å². The number of likely N-dealkylation sites (tertiary alicyclic amines) is 1. The average molecular weight is 280 g/mol. The maximum absolute atomic E-state index is 12.4. The van der Waals surface area contributed by atoms with Crippen LogP contribution in [0.5, 0.6) is 0 Å². The number of hydrogen-bond acceptors (Lipinski definition) is 4. The van der Waals surface area contributed by atoms with Gasteiger partial charge in [-0.25, -0.2) is 0 Å². The lowest BCUT2D eigenvalue weighted by atomic mass is 9.94. The van der Waals surface area contributed by atoms with Crippen molar-refractivity contribution in [2.75, 3.05) is 33.7 Å². The van der Waals surface area contributed by atoms with Crippen molar-refractivity contribution in [1.29, 1.82) is 0 Å².